The zero-order chi connectivity index (χ0) is 38.5. The molecule has 0 radical (unpaired) electrons. The number of fused-ring (bicyclic) bond motifs is 9. The zero-order valence-corrected chi connectivity index (χ0v) is 32.6. The van der Waals surface area contributed by atoms with Crippen LogP contribution in [0.25, 0.3) is 52.8 Å². The molecule has 0 unspecified atom stereocenters. The number of hydrogen-bond acceptors (Lipinski definition) is 5. The first-order valence-corrected chi connectivity index (χ1v) is 20.5. The molecular weight excluding hydrogens is 731 g/mol. The lowest BCUT2D eigenvalue weighted by Gasteiger charge is -2.36. The third kappa shape index (κ3) is 4.93. The zero-order valence-electron chi connectivity index (χ0n) is 31.8. The Morgan fingerprint density at radius 3 is 1.81 bits per heavy atom. The summed E-state index contributed by atoms with van der Waals surface area (Å²) in [6, 6.07) is 62.3. The third-order valence-corrected chi connectivity index (χ3v) is 13.1. The Morgan fingerprint density at radius 1 is 0.448 bits per heavy atom. The van der Waals surface area contributed by atoms with Crippen LogP contribution in [0.3, 0.4) is 0 Å². The Morgan fingerprint density at radius 2 is 1.02 bits per heavy atom. The highest BCUT2D eigenvalue weighted by atomic mass is 32.1. The van der Waals surface area contributed by atoms with Gasteiger partial charge in [0, 0.05) is 49.2 Å². The highest BCUT2D eigenvalue weighted by molar-refractivity contribution is 7.26. The fourth-order valence-corrected chi connectivity index (χ4v) is 10.4. The summed E-state index contributed by atoms with van der Waals surface area (Å²) in [4.78, 5) is 2.42. The van der Waals surface area contributed by atoms with Gasteiger partial charge in [-0.2, -0.15) is 0 Å². The van der Waals surface area contributed by atoms with Crippen molar-refractivity contribution in [2.75, 3.05) is 4.90 Å². The van der Waals surface area contributed by atoms with Gasteiger partial charge in [0.05, 0.1) is 16.1 Å². The van der Waals surface area contributed by atoms with Crippen LogP contribution in [0.4, 0.5) is 17.1 Å². The summed E-state index contributed by atoms with van der Waals surface area (Å²) in [5.41, 5.74) is 7.52. The molecule has 4 nitrogen and oxygen atoms in total. The molecule has 2 aliphatic heterocycles. The first-order chi connectivity index (χ1) is 28.5. The van der Waals surface area contributed by atoms with Crippen molar-refractivity contribution >= 4 is 70.1 Å². The van der Waals surface area contributed by atoms with Crippen LogP contribution >= 0.6 is 11.3 Å². The average molecular weight is 766 g/mol. The van der Waals surface area contributed by atoms with E-state index in [0.717, 1.165) is 50.3 Å². The molecule has 2 aliphatic rings. The molecule has 10 aromatic rings. The maximum Gasteiger partial charge on any atom is 0.172 e. The Hall–Kier alpha value is -7.08. The van der Waals surface area contributed by atoms with E-state index in [0.29, 0.717) is 23.0 Å². The molecule has 0 fully saturated rings. The van der Waals surface area contributed by atoms with Crippen LogP contribution in [0.2, 0.25) is 0 Å². The minimum Gasteiger partial charge on any atom is -0.457 e. The molecule has 276 valence electrons. The molecule has 0 amide bonds. The first-order valence-electron chi connectivity index (χ1n) is 19.7. The molecule has 0 saturated heterocycles. The standard InChI is InChI=1S/C53H35NO3S/c1-53(2)40-21-11-12-22-42(40)55-43-26-24-35(30-41(43)53)54(36-25-27-44-47(31-36)57-46-29-34-17-7-6-16-33(34)28-45(46)56-44)51-38-19-9-8-18-37(38)49(32-14-4-3-5-15-32)50-39-20-10-13-23-48(39)58-52(50)51/h3-31H,1-2H3. The number of nitrogens with zero attached hydrogens (tertiary/aromatic N) is 1. The monoisotopic (exact) mass is 765 g/mol. The molecule has 0 saturated carbocycles. The van der Waals surface area contributed by atoms with E-state index in [9.17, 15) is 0 Å². The topological polar surface area (TPSA) is 30.9 Å². The maximum absolute atomic E-state index is 6.74. The van der Waals surface area contributed by atoms with Gasteiger partial charge in [0.25, 0.3) is 0 Å². The van der Waals surface area contributed by atoms with Crippen molar-refractivity contribution in [2.45, 2.75) is 19.3 Å². The molecule has 1 aromatic heterocycles. The molecule has 0 bridgehead atoms. The highest BCUT2D eigenvalue weighted by Gasteiger charge is 2.35. The van der Waals surface area contributed by atoms with Crippen LogP contribution in [0.15, 0.2) is 176 Å². The maximum atomic E-state index is 6.74. The van der Waals surface area contributed by atoms with Crippen LogP contribution in [0.5, 0.6) is 34.5 Å². The minimum absolute atomic E-state index is 0.308. The fraction of sp³-hybridized carbons (Fsp3) is 0.0566. The number of hydrogen-bond donors (Lipinski definition) is 0. The third-order valence-electron chi connectivity index (χ3n) is 11.9. The van der Waals surface area contributed by atoms with E-state index in [1.807, 2.05) is 35.6 Å². The lowest BCUT2D eigenvalue weighted by molar-refractivity contribution is 0.360. The molecular formula is C53H35NO3S. The second kappa shape index (κ2) is 12.5. The van der Waals surface area contributed by atoms with Crippen LogP contribution in [-0.4, -0.2) is 0 Å². The SMILES string of the molecule is CC1(C)c2ccccc2Oc2ccc(N(c3ccc4c(c3)Oc3cc5ccccc5cc3O4)c3c4ccccc4c(-c4ccccc4)c4c3sc3ccccc34)cc21. The quantitative estimate of drug-likeness (QED) is 0.179. The smallest absolute Gasteiger partial charge is 0.172 e. The van der Waals surface area contributed by atoms with E-state index < -0.39 is 0 Å². The van der Waals surface area contributed by atoms with Gasteiger partial charge in [0.1, 0.15) is 11.5 Å². The lowest BCUT2D eigenvalue weighted by atomic mass is 9.75. The molecule has 0 spiro atoms. The van der Waals surface area contributed by atoms with Crippen molar-refractivity contribution < 1.29 is 14.2 Å². The van der Waals surface area contributed by atoms with Gasteiger partial charge in [0.15, 0.2) is 23.0 Å². The Kier molecular flexibility index (Phi) is 7.11. The second-order valence-corrected chi connectivity index (χ2v) is 16.7. The highest BCUT2D eigenvalue weighted by Crippen LogP contribution is 2.56. The van der Waals surface area contributed by atoms with E-state index in [1.165, 1.54) is 42.2 Å². The predicted molar refractivity (Wildman–Crippen MR) is 240 cm³/mol. The number of rotatable bonds is 4. The van der Waals surface area contributed by atoms with Crippen LogP contribution in [-0.2, 0) is 5.41 Å². The summed E-state index contributed by atoms with van der Waals surface area (Å²) < 4.78 is 22.3. The molecule has 0 N–H and O–H groups in total. The van der Waals surface area contributed by atoms with Crippen molar-refractivity contribution in [3.8, 4) is 45.6 Å². The molecule has 3 heterocycles. The number of benzene rings is 9. The molecule has 58 heavy (non-hydrogen) atoms. The van der Waals surface area contributed by atoms with E-state index >= 15 is 0 Å². The summed E-state index contributed by atoms with van der Waals surface area (Å²) in [6.45, 7) is 4.58. The fourth-order valence-electron chi connectivity index (χ4n) is 9.12. The van der Waals surface area contributed by atoms with Crippen LogP contribution in [0.1, 0.15) is 25.0 Å². The average Bonchev–Trinajstić information content (AvgIpc) is 3.64. The van der Waals surface area contributed by atoms with E-state index in [4.69, 9.17) is 14.2 Å². The van der Waals surface area contributed by atoms with Crippen molar-refractivity contribution in [3.05, 3.63) is 187 Å². The van der Waals surface area contributed by atoms with Gasteiger partial charge in [-0.05, 0) is 81.9 Å². The van der Waals surface area contributed by atoms with Crippen LogP contribution < -0.4 is 19.1 Å². The van der Waals surface area contributed by atoms with E-state index in [1.54, 1.807) is 0 Å². The number of ether oxygens (including phenoxy) is 3. The number of para-hydroxylation sites is 1. The van der Waals surface area contributed by atoms with Crippen LogP contribution in [0, 0.1) is 0 Å². The summed E-state index contributed by atoms with van der Waals surface area (Å²) in [5.74, 6) is 4.53. The van der Waals surface area contributed by atoms with Crippen molar-refractivity contribution in [3.63, 3.8) is 0 Å². The molecule has 12 rings (SSSR count). The summed E-state index contributed by atoms with van der Waals surface area (Å²) in [7, 11) is 0. The van der Waals surface area contributed by atoms with E-state index in [-0.39, 0.29) is 5.41 Å². The van der Waals surface area contributed by atoms with Gasteiger partial charge >= 0.3 is 0 Å². The van der Waals surface area contributed by atoms with Gasteiger partial charge in [0.2, 0.25) is 0 Å². The largest absolute Gasteiger partial charge is 0.457 e. The summed E-state index contributed by atoms with van der Waals surface area (Å²) in [6.07, 6.45) is 0. The first kappa shape index (κ1) is 33.1. The molecule has 0 aliphatic carbocycles. The number of anilines is 3. The molecule has 0 atom stereocenters. The van der Waals surface area contributed by atoms with Gasteiger partial charge in [-0.25, -0.2) is 0 Å². The second-order valence-electron chi connectivity index (χ2n) is 15.7. The lowest BCUT2D eigenvalue weighted by Crippen LogP contribution is -2.24. The Balaban J connectivity index is 1.14. The van der Waals surface area contributed by atoms with Crippen molar-refractivity contribution in [2.24, 2.45) is 0 Å². The Labute approximate surface area is 339 Å². The number of thiophene rings is 1. The minimum atomic E-state index is -0.308. The summed E-state index contributed by atoms with van der Waals surface area (Å²) in [5, 5.41) is 7.06. The molecule has 9 aromatic carbocycles. The predicted octanol–water partition coefficient (Wildman–Crippen LogP) is 15.8. The normalized spacial score (nSPS) is 13.6. The van der Waals surface area contributed by atoms with Gasteiger partial charge < -0.3 is 19.1 Å². The van der Waals surface area contributed by atoms with Crippen molar-refractivity contribution in [1.82, 2.24) is 0 Å². The van der Waals surface area contributed by atoms with E-state index in [2.05, 4.69) is 170 Å². The Bertz CT molecular complexity index is 3310. The van der Waals surface area contributed by atoms with Crippen molar-refractivity contribution in [1.29, 1.82) is 0 Å². The van der Waals surface area contributed by atoms with Gasteiger partial charge in [-0.15, -0.1) is 11.3 Å². The van der Waals surface area contributed by atoms with Gasteiger partial charge in [-0.1, -0.05) is 129 Å². The summed E-state index contributed by atoms with van der Waals surface area (Å²) >= 11 is 1.85. The van der Waals surface area contributed by atoms with Gasteiger partial charge in [-0.3, -0.25) is 0 Å². The molecule has 5 heteroatoms.